The topological polar surface area (TPSA) is 202 Å². The zero-order valence-electron chi connectivity index (χ0n) is 39.8. The van der Waals surface area contributed by atoms with E-state index in [9.17, 15) is 24.3 Å². The first-order chi connectivity index (χ1) is 32.6. The molecule has 68 heavy (non-hydrogen) atoms. The fourth-order valence-corrected chi connectivity index (χ4v) is 9.55. The van der Waals surface area contributed by atoms with Gasteiger partial charge in [0.1, 0.15) is 36.2 Å². The summed E-state index contributed by atoms with van der Waals surface area (Å²) in [6.07, 6.45) is 6.60. The molecule has 1 unspecified atom stereocenters. The summed E-state index contributed by atoms with van der Waals surface area (Å²) >= 11 is 0. The predicted molar refractivity (Wildman–Crippen MR) is 257 cm³/mol. The van der Waals surface area contributed by atoms with Crippen molar-refractivity contribution in [3.8, 4) is 28.1 Å². The van der Waals surface area contributed by atoms with Crippen molar-refractivity contribution < 1.29 is 38.5 Å². The maximum Gasteiger partial charge on any atom is 0.324 e. The average Bonchev–Trinajstić information content (AvgIpc) is 3.95. The van der Waals surface area contributed by atoms with E-state index >= 15 is 0 Å². The Morgan fingerprint density at radius 3 is 2.60 bits per heavy atom. The molecule has 3 aromatic heterocycles. The molecule has 3 aliphatic rings. The molecule has 1 fully saturated rings. The molecule has 0 aliphatic carbocycles. The van der Waals surface area contributed by atoms with Gasteiger partial charge in [-0.15, -0.1) is 0 Å². The van der Waals surface area contributed by atoms with Gasteiger partial charge in [0.2, 0.25) is 5.91 Å². The molecule has 3 aliphatic heterocycles. The summed E-state index contributed by atoms with van der Waals surface area (Å²) < 4.78 is 19.4. The number of rotatable bonds is 10. The van der Waals surface area contributed by atoms with E-state index in [1.165, 1.54) is 23.2 Å². The van der Waals surface area contributed by atoms with Crippen molar-refractivity contribution in [1.82, 2.24) is 35.2 Å². The molecule has 8 rings (SSSR count). The van der Waals surface area contributed by atoms with Gasteiger partial charge in [-0.1, -0.05) is 39.8 Å². The second-order valence-corrected chi connectivity index (χ2v) is 18.9. The van der Waals surface area contributed by atoms with Crippen LogP contribution in [0.15, 0.2) is 78.2 Å². The summed E-state index contributed by atoms with van der Waals surface area (Å²) in [7, 11) is 3.21. The van der Waals surface area contributed by atoms with Crippen LogP contribution in [0.5, 0.6) is 5.75 Å². The number of hydrogen-bond acceptors (Lipinski definition) is 13. The SMILES string of the molecule is CCn1c(-c2cnccc2COC)c2c3cc(ccc31)-c1cc(O)cc(c1)C[C@H](NC(=O)C(C(C)C)N(C)C(=O)c1ccc(NC3=NCCO3)cn1)C(=O)N1CCC[C@H](N1)C(=O)OCC(C)(C)C2. The van der Waals surface area contributed by atoms with Crippen LogP contribution in [0, 0.1) is 11.3 Å². The molecule has 17 heteroatoms. The predicted octanol–water partition coefficient (Wildman–Crippen LogP) is 5.88. The lowest BCUT2D eigenvalue weighted by Crippen LogP contribution is -2.62. The summed E-state index contributed by atoms with van der Waals surface area (Å²) in [6, 6.07) is 14.0. The second-order valence-electron chi connectivity index (χ2n) is 18.9. The Hall–Kier alpha value is -6.85. The Morgan fingerprint density at radius 2 is 1.88 bits per heavy atom. The van der Waals surface area contributed by atoms with Crippen molar-refractivity contribution in [1.29, 1.82) is 0 Å². The quantitative estimate of drug-likeness (QED) is 0.121. The highest BCUT2D eigenvalue weighted by Crippen LogP contribution is 2.41. The molecule has 17 nitrogen and oxygen atoms in total. The molecular weight excluding hydrogens is 867 g/mol. The van der Waals surface area contributed by atoms with Crippen molar-refractivity contribution in [3.63, 3.8) is 0 Å². The summed E-state index contributed by atoms with van der Waals surface area (Å²) in [6.45, 7) is 12.4. The van der Waals surface area contributed by atoms with Crippen LogP contribution >= 0.6 is 0 Å². The Balaban J connectivity index is 1.17. The largest absolute Gasteiger partial charge is 0.508 e. The van der Waals surface area contributed by atoms with Crippen molar-refractivity contribution in [2.45, 2.75) is 91.6 Å². The number of aromatic hydroxyl groups is 1. The summed E-state index contributed by atoms with van der Waals surface area (Å²) in [5.41, 5.74) is 10.4. The Labute approximate surface area is 396 Å². The first-order valence-corrected chi connectivity index (χ1v) is 23.3. The number of cyclic esters (lactones) is 1. The Kier molecular flexibility index (Phi) is 14.1. The van der Waals surface area contributed by atoms with E-state index in [1.54, 1.807) is 37.6 Å². The molecular formula is C51H61N9O8. The standard InChI is InChI=1S/C51H61N9O8/c1-8-59-43-14-11-32-24-37(43)38(45(59)39-27-52-16-15-33(39)28-66-7)25-51(4,5)29-68-49(65)41-10-9-18-60(57-41)48(64)42(22-31-20-34(32)23-36(61)21-31)56-46(62)44(30(2)3)58(6)47(63)40-13-12-35(26-54-40)55-50-53-17-19-67-50/h11-16,20-21,23-24,26-27,30,41-42,44,57,61H,8-10,17-19,22,25,28-29H2,1-7H3,(H,53,55)(H,56,62)/t41-,42-,44?/m0/s1. The van der Waals surface area contributed by atoms with Crippen molar-refractivity contribution in [3.05, 3.63) is 95.6 Å². The van der Waals surface area contributed by atoms with Crippen molar-refractivity contribution in [2.24, 2.45) is 16.3 Å². The van der Waals surface area contributed by atoms with Crippen LogP contribution in [0.4, 0.5) is 5.69 Å². The molecule has 1 saturated heterocycles. The lowest BCUT2D eigenvalue weighted by Gasteiger charge is -2.36. The normalized spacial score (nSPS) is 18.9. The first-order valence-electron chi connectivity index (χ1n) is 23.3. The number of esters is 1. The number of hydrazine groups is 1. The number of aliphatic imine (C=N–C) groups is 1. The lowest BCUT2D eigenvalue weighted by atomic mass is 9.84. The number of carbonyl (C=O) groups excluding carboxylic acids is 4. The zero-order valence-corrected chi connectivity index (χ0v) is 39.8. The summed E-state index contributed by atoms with van der Waals surface area (Å²) in [5.74, 6) is -2.42. The minimum Gasteiger partial charge on any atom is -0.508 e. The molecule has 3 amide bonds. The van der Waals surface area contributed by atoms with E-state index in [1.807, 2.05) is 38.2 Å². The number of ether oxygens (including phenoxy) is 3. The zero-order chi connectivity index (χ0) is 48.3. The fraction of sp³-hybridized carbons (Fsp3) is 0.431. The van der Waals surface area contributed by atoms with Gasteiger partial charge in [-0.05, 0) is 102 Å². The van der Waals surface area contributed by atoms with Crippen LogP contribution < -0.4 is 16.1 Å². The van der Waals surface area contributed by atoms with Crippen LogP contribution in [0.25, 0.3) is 33.3 Å². The van der Waals surface area contributed by atoms with E-state index in [0.717, 1.165) is 38.9 Å². The number of phenolic OH excluding ortho intramolecular Hbond substituents is 1. The number of hydrogen-bond donors (Lipinski definition) is 4. The number of aromatic nitrogens is 3. The van der Waals surface area contributed by atoms with Crippen LogP contribution in [-0.4, -0.2) is 118 Å². The first kappa shape index (κ1) is 47.6. The number of anilines is 1. The van der Waals surface area contributed by atoms with Crippen molar-refractivity contribution in [2.75, 3.05) is 45.8 Å². The number of nitrogens with one attached hydrogen (secondary N) is 3. The number of phenols is 1. The number of pyridine rings is 2. The number of amidine groups is 1. The van der Waals surface area contributed by atoms with Gasteiger partial charge in [-0.25, -0.2) is 15.4 Å². The van der Waals surface area contributed by atoms with Gasteiger partial charge in [-0.3, -0.25) is 29.2 Å². The second kappa shape index (κ2) is 20.2. The number of benzene rings is 2. The molecule has 2 aromatic carbocycles. The smallest absolute Gasteiger partial charge is 0.324 e. The number of aryl methyl sites for hydroxylation is 1. The molecule has 6 bridgehead atoms. The van der Waals surface area contributed by atoms with Crippen LogP contribution in [-0.2, 0) is 54.6 Å². The van der Waals surface area contributed by atoms with Gasteiger partial charge in [0.25, 0.3) is 17.8 Å². The van der Waals surface area contributed by atoms with Gasteiger partial charge < -0.3 is 39.4 Å². The van der Waals surface area contributed by atoms with E-state index < -0.39 is 47.2 Å². The lowest BCUT2D eigenvalue weighted by molar-refractivity contribution is -0.155. The molecule has 358 valence electrons. The van der Waals surface area contributed by atoms with Gasteiger partial charge >= 0.3 is 5.97 Å². The van der Waals surface area contributed by atoms with E-state index in [4.69, 9.17) is 14.2 Å². The molecule has 0 saturated carbocycles. The maximum atomic E-state index is 14.7. The van der Waals surface area contributed by atoms with Gasteiger partial charge in [0.15, 0.2) is 0 Å². The fourth-order valence-electron chi connectivity index (χ4n) is 9.55. The number of methoxy groups -OCH3 is 1. The third kappa shape index (κ3) is 10.2. The number of amides is 3. The number of fused-ring (bicyclic) bond motifs is 6. The van der Waals surface area contributed by atoms with E-state index in [2.05, 4.69) is 68.5 Å². The summed E-state index contributed by atoms with van der Waals surface area (Å²) in [4.78, 5) is 71.6. The highest BCUT2D eigenvalue weighted by molar-refractivity contribution is 5.98. The van der Waals surface area contributed by atoms with E-state index in [0.29, 0.717) is 68.4 Å². The highest BCUT2D eigenvalue weighted by atomic mass is 16.5. The van der Waals surface area contributed by atoms with Crippen LogP contribution in [0.3, 0.4) is 0 Å². The van der Waals surface area contributed by atoms with E-state index in [-0.39, 0.29) is 36.9 Å². The highest BCUT2D eigenvalue weighted by Gasteiger charge is 2.38. The third-order valence-electron chi connectivity index (χ3n) is 12.8. The van der Waals surface area contributed by atoms with Gasteiger partial charge in [0, 0.05) is 67.9 Å². The van der Waals surface area contributed by atoms with Crippen molar-refractivity contribution >= 4 is 46.3 Å². The van der Waals surface area contributed by atoms with Gasteiger partial charge in [-0.2, -0.15) is 0 Å². The monoisotopic (exact) mass is 927 g/mol. The molecule has 0 spiro atoms. The van der Waals surface area contributed by atoms with Gasteiger partial charge in [0.05, 0.1) is 37.3 Å². The molecule has 0 radical (unpaired) electrons. The number of carbonyl (C=O) groups is 4. The number of nitrogens with zero attached hydrogens (tertiary/aromatic N) is 6. The third-order valence-corrected chi connectivity index (χ3v) is 12.8. The Morgan fingerprint density at radius 1 is 1.06 bits per heavy atom. The van der Waals surface area contributed by atoms with Crippen LogP contribution in [0.1, 0.15) is 74.6 Å². The minimum atomic E-state index is -1.18. The Bertz CT molecular complexity index is 2730. The molecule has 3 atom stereocenters. The average molecular weight is 928 g/mol. The maximum absolute atomic E-state index is 14.7. The number of likely N-dealkylation sites (N-methyl/N-ethyl adjacent to an activating group) is 1. The molecule has 4 N–H and O–H groups in total. The van der Waals surface area contributed by atoms with Crippen LogP contribution in [0.2, 0.25) is 0 Å². The molecule has 6 heterocycles. The summed E-state index contributed by atoms with van der Waals surface area (Å²) in [5, 5.41) is 19.7. The molecule has 5 aromatic rings. The minimum absolute atomic E-state index is 0.0148.